The summed E-state index contributed by atoms with van der Waals surface area (Å²) >= 11 is 0. The third kappa shape index (κ3) is 1.97. The highest BCUT2D eigenvalue weighted by Gasteiger charge is 2.18. The highest BCUT2D eigenvalue weighted by Crippen LogP contribution is 2.27. The number of nitrogens with zero attached hydrogens (tertiary/aromatic N) is 2. The Kier molecular flexibility index (Phi) is 2.96. The number of benzene rings is 1. The number of anilines is 1. The molecule has 1 saturated heterocycles. The zero-order chi connectivity index (χ0) is 12.5. The van der Waals surface area contributed by atoms with Gasteiger partial charge in [0.2, 0.25) is 0 Å². The number of imidazole rings is 1. The summed E-state index contributed by atoms with van der Waals surface area (Å²) in [7, 11) is 0. The number of fused-ring (bicyclic) bond motifs is 1. The van der Waals surface area contributed by atoms with E-state index in [0.29, 0.717) is 12.6 Å². The molecule has 0 bridgehead atoms. The number of H-pyrrole nitrogens is 1. The third-order valence-corrected chi connectivity index (χ3v) is 3.84. The Hall–Kier alpha value is -1.55. The van der Waals surface area contributed by atoms with Crippen molar-refractivity contribution in [2.24, 2.45) is 5.73 Å². The lowest BCUT2D eigenvalue weighted by atomic mass is 10.0. The van der Waals surface area contributed by atoms with Crippen LogP contribution in [-0.2, 0) is 6.54 Å². The number of hydrogen-bond acceptors (Lipinski definition) is 3. The summed E-state index contributed by atoms with van der Waals surface area (Å²) < 4.78 is 0. The Morgan fingerprint density at radius 1 is 1.44 bits per heavy atom. The van der Waals surface area contributed by atoms with E-state index < -0.39 is 0 Å². The lowest BCUT2D eigenvalue weighted by Gasteiger charge is -2.35. The topological polar surface area (TPSA) is 57.9 Å². The first-order valence-electron chi connectivity index (χ1n) is 6.73. The van der Waals surface area contributed by atoms with Crippen LogP contribution in [0.3, 0.4) is 0 Å². The van der Waals surface area contributed by atoms with Gasteiger partial charge < -0.3 is 15.6 Å². The van der Waals surface area contributed by atoms with Crippen molar-refractivity contribution in [1.82, 2.24) is 9.97 Å². The summed E-state index contributed by atoms with van der Waals surface area (Å²) in [4.78, 5) is 10.2. The number of hydrogen-bond donors (Lipinski definition) is 2. The molecule has 1 aromatic heterocycles. The van der Waals surface area contributed by atoms with E-state index in [2.05, 4.69) is 40.0 Å². The molecule has 4 nitrogen and oxygen atoms in total. The van der Waals surface area contributed by atoms with Gasteiger partial charge in [-0.15, -0.1) is 0 Å². The van der Waals surface area contributed by atoms with Gasteiger partial charge in [0.25, 0.3) is 0 Å². The van der Waals surface area contributed by atoms with Crippen molar-refractivity contribution >= 4 is 16.7 Å². The van der Waals surface area contributed by atoms with Gasteiger partial charge in [-0.1, -0.05) is 0 Å². The molecule has 1 aromatic carbocycles. The summed E-state index contributed by atoms with van der Waals surface area (Å²) in [6, 6.07) is 7.09. The van der Waals surface area contributed by atoms with Crippen LogP contribution in [0.25, 0.3) is 11.0 Å². The summed E-state index contributed by atoms with van der Waals surface area (Å²) in [5.74, 6) is 0.855. The lowest BCUT2D eigenvalue weighted by Crippen LogP contribution is -2.37. The fraction of sp³-hybridized carbons (Fsp3) is 0.500. The molecule has 2 aromatic rings. The minimum absolute atomic E-state index is 0.462. The zero-order valence-corrected chi connectivity index (χ0v) is 10.8. The van der Waals surface area contributed by atoms with Gasteiger partial charge >= 0.3 is 0 Å². The molecule has 0 spiro atoms. The first-order chi connectivity index (χ1) is 8.78. The van der Waals surface area contributed by atoms with Gasteiger partial charge in [-0.05, 0) is 44.4 Å². The van der Waals surface area contributed by atoms with Gasteiger partial charge in [0, 0.05) is 18.3 Å². The number of piperidine rings is 1. The van der Waals surface area contributed by atoms with E-state index >= 15 is 0 Å². The van der Waals surface area contributed by atoms with Crippen molar-refractivity contribution in [3.63, 3.8) is 0 Å². The summed E-state index contributed by atoms with van der Waals surface area (Å²) in [5.41, 5.74) is 9.00. The SMILES string of the molecule is CC1CCCCN1c1ccc2nc(CN)[nH]c2c1. The molecule has 2 heterocycles. The Labute approximate surface area is 107 Å². The van der Waals surface area contributed by atoms with Crippen molar-refractivity contribution in [2.75, 3.05) is 11.4 Å². The van der Waals surface area contributed by atoms with Crippen LogP contribution in [0.1, 0.15) is 32.0 Å². The summed E-state index contributed by atoms with van der Waals surface area (Å²) in [6.45, 7) is 3.93. The van der Waals surface area contributed by atoms with E-state index in [1.165, 1.54) is 24.9 Å². The van der Waals surface area contributed by atoms with Crippen LogP contribution in [-0.4, -0.2) is 22.6 Å². The Bertz CT molecular complexity index is 546. The van der Waals surface area contributed by atoms with E-state index in [-0.39, 0.29) is 0 Å². The monoisotopic (exact) mass is 244 g/mol. The van der Waals surface area contributed by atoms with Crippen LogP contribution in [0.5, 0.6) is 0 Å². The van der Waals surface area contributed by atoms with Crippen LogP contribution in [0.2, 0.25) is 0 Å². The highest BCUT2D eigenvalue weighted by atomic mass is 15.2. The van der Waals surface area contributed by atoms with Crippen LogP contribution < -0.4 is 10.6 Å². The van der Waals surface area contributed by atoms with Crippen molar-refractivity contribution in [1.29, 1.82) is 0 Å². The van der Waals surface area contributed by atoms with E-state index in [4.69, 9.17) is 5.73 Å². The fourth-order valence-electron chi connectivity index (χ4n) is 2.81. The molecule has 96 valence electrons. The van der Waals surface area contributed by atoms with Crippen molar-refractivity contribution in [3.05, 3.63) is 24.0 Å². The summed E-state index contributed by atoms with van der Waals surface area (Å²) in [6.07, 6.45) is 3.93. The molecule has 3 N–H and O–H groups in total. The van der Waals surface area contributed by atoms with E-state index in [1.807, 2.05) is 0 Å². The van der Waals surface area contributed by atoms with Gasteiger partial charge in [-0.2, -0.15) is 0 Å². The second-order valence-electron chi connectivity index (χ2n) is 5.13. The number of nitrogens with two attached hydrogens (primary N) is 1. The van der Waals surface area contributed by atoms with Crippen LogP contribution >= 0.6 is 0 Å². The maximum absolute atomic E-state index is 5.61. The Balaban J connectivity index is 1.96. The average molecular weight is 244 g/mol. The molecule has 0 amide bonds. The molecular formula is C14H20N4. The maximum Gasteiger partial charge on any atom is 0.121 e. The van der Waals surface area contributed by atoms with Crippen molar-refractivity contribution < 1.29 is 0 Å². The first kappa shape index (κ1) is 11.5. The Morgan fingerprint density at radius 3 is 3.11 bits per heavy atom. The number of rotatable bonds is 2. The minimum atomic E-state index is 0.462. The number of aromatic nitrogens is 2. The molecule has 1 aliphatic heterocycles. The first-order valence-corrected chi connectivity index (χ1v) is 6.73. The van der Waals surface area contributed by atoms with E-state index in [9.17, 15) is 0 Å². The molecule has 0 radical (unpaired) electrons. The predicted molar refractivity (Wildman–Crippen MR) is 74.6 cm³/mol. The molecule has 0 saturated carbocycles. The van der Waals surface area contributed by atoms with Gasteiger partial charge in [0.05, 0.1) is 17.6 Å². The second-order valence-corrected chi connectivity index (χ2v) is 5.13. The molecule has 1 unspecified atom stereocenters. The lowest BCUT2D eigenvalue weighted by molar-refractivity contribution is 0.485. The van der Waals surface area contributed by atoms with E-state index in [1.54, 1.807) is 0 Å². The van der Waals surface area contributed by atoms with Crippen LogP contribution in [0, 0.1) is 0 Å². The normalized spacial score (nSPS) is 20.6. The third-order valence-electron chi connectivity index (χ3n) is 3.84. The molecule has 4 heteroatoms. The average Bonchev–Trinajstić information content (AvgIpc) is 2.81. The van der Waals surface area contributed by atoms with Gasteiger partial charge in [-0.25, -0.2) is 4.98 Å². The fourth-order valence-corrected chi connectivity index (χ4v) is 2.81. The largest absolute Gasteiger partial charge is 0.369 e. The maximum atomic E-state index is 5.61. The van der Waals surface area contributed by atoms with E-state index in [0.717, 1.165) is 23.4 Å². The second kappa shape index (κ2) is 4.61. The highest BCUT2D eigenvalue weighted by molar-refractivity contribution is 5.79. The number of nitrogens with one attached hydrogen (secondary N) is 1. The van der Waals surface area contributed by atoms with Gasteiger partial charge in [0.15, 0.2) is 0 Å². The standard InChI is InChI=1S/C14H20N4/c1-10-4-2-3-7-18(10)11-5-6-12-13(8-11)17-14(9-15)16-12/h5-6,8,10H,2-4,7,9,15H2,1H3,(H,16,17). The molecule has 18 heavy (non-hydrogen) atoms. The van der Waals surface area contributed by atoms with Gasteiger partial charge in [-0.3, -0.25) is 0 Å². The molecular weight excluding hydrogens is 224 g/mol. The van der Waals surface area contributed by atoms with Crippen LogP contribution in [0.4, 0.5) is 5.69 Å². The molecule has 1 atom stereocenters. The summed E-state index contributed by atoms with van der Waals surface area (Å²) in [5, 5.41) is 0. The van der Waals surface area contributed by atoms with Crippen LogP contribution in [0.15, 0.2) is 18.2 Å². The molecule has 1 aliphatic rings. The molecule has 3 rings (SSSR count). The smallest absolute Gasteiger partial charge is 0.121 e. The minimum Gasteiger partial charge on any atom is -0.369 e. The van der Waals surface area contributed by atoms with Crippen molar-refractivity contribution in [3.8, 4) is 0 Å². The molecule has 0 aliphatic carbocycles. The molecule has 1 fully saturated rings. The predicted octanol–water partition coefficient (Wildman–Crippen LogP) is 2.40. The van der Waals surface area contributed by atoms with Gasteiger partial charge in [0.1, 0.15) is 5.82 Å². The zero-order valence-electron chi connectivity index (χ0n) is 10.8. The quantitative estimate of drug-likeness (QED) is 0.853. The van der Waals surface area contributed by atoms with Crippen molar-refractivity contribution in [2.45, 2.75) is 38.8 Å². The number of aromatic amines is 1. The Morgan fingerprint density at radius 2 is 2.33 bits per heavy atom.